The molecule has 0 N–H and O–H groups in total. The highest BCUT2D eigenvalue weighted by molar-refractivity contribution is 9.13. The van der Waals surface area contributed by atoms with Crippen LogP contribution in [0.4, 0.5) is 0 Å². The fraction of sp³-hybridized carbons (Fsp3) is 0. The van der Waals surface area contributed by atoms with E-state index in [1.807, 2.05) is 12.1 Å². The quantitative estimate of drug-likeness (QED) is 0.256. The van der Waals surface area contributed by atoms with Crippen LogP contribution in [0.5, 0.6) is 0 Å². The summed E-state index contributed by atoms with van der Waals surface area (Å²) in [5.41, 5.74) is 0. The molecule has 3 aromatic carbocycles. The largest absolute Gasteiger partial charge is 0.0865 e. The van der Waals surface area contributed by atoms with Crippen molar-refractivity contribution in [3.8, 4) is 0 Å². The van der Waals surface area contributed by atoms with Gasteiger partial charge in [0.05, 0.1) is 0 Å². The molecule has 0 saturated heterocycles. The molecule has 0 amide bonds. The summed E-state index contributed by atoms with van der Waals surface area (Å²) >= 11 is 32.6. The molecule has 3 rings (SSSR count). The second-order valence-corrected chi connectivity index (χ2v) is 14.3. The van der Waals surface area contributed by atoms with Gasteiger partial charge in [-0.3, -0.25) is 0 Å². The summed E-state index contributed by atoms with van der Waals surface area (Å²) < 4.78 is 8.16. The maximum Gasteiger partial charge on any atom is 0.0468 e. The topological polar surface area (TPSA) is 0 Å². The van der Waals surface area contributed by atoms with Gasteiger partial charge in [0.1, 0.15) is 0 Å². The van der Waals surface area contributed by atoms with Crippen LogP contribution < -0.4 is 0 Å². The average Bonchev–Trinajstić information content (AvgIpc) is 2.59. The lowest BCUT2D eigenvalue weighted by Gasteiger charge is -2.16. The van der Waals surface area contributed by atoms with Crippen molar-refractivity contribution in [3.63, 3.8) is 0 Å². The lowest BCUT2D eigenvalue weighted by molar-refractivity contribution is 1.18. The van der Waals surface area contributed by atoms with Gasteiger partial charge in [-0.1, -0.05) is 55.4 Å². The number of hydrogen-bond donors (Lipinski definition) is 0. The van der Waals surface area contributed by atoms with Crippen LogP contribution in [0, 0.1) is 0 Å². The highest BCUT2D eigenvalue weighted by Gasteiger charge is 2.18. The van der Waals surface area contributed by atoms with E-state index in [-0.39, 0.29) is 0 Å². The molecule has 0 fully saturated rings. The van der Waals surface area contributed by atoms with Crippen molar-refractivity contribution in [1.82, 2.24) is 0 Å². The summed E-state index contributed by atoms with van der Waals surface area (Å²) in [4.78, 5) is 4.50. The van der Waals surface area contributed by atoms with E-state index >= 15 is 0 Å². The van der Waals surface area contributed by atoms with Crippen LogP contribution in [-0.4, -0.2) is 0 Å². The molecule has 0 aliphatic carbocycles. The van der Waals surface area contributed by atoms with E-state index < -0.39 is 0 Å². The summed E-state index contributed by atoms with van der Waals surface area (Å²) in [6.07, 6.45) is 0. The molecule has 0 aromatic heterocycles. The first-order valence-corrected chi connectivity index (χ1v) is 15.3. The van der Waals surface area contributed by atoms with E-state index in [4.69, 9.17) is 0 Å². The van der Waals surface area contributed by atoms with Gasteiger partial charge in [-0.2, -0.15) is 0 Å². The maximum absolute atomic E-state index is 3.76. The monoisotopic (exact) mass is 917 g/mol. The Morgan fingerprint density at radius 2 is 0.893 bits per heavy atom. The first-order chi connectivity index (χ1) is 13.2. The lowest BCUT2D eigenvalue weighted by atomic mass is 10.3. The molecule has 0 bridgehead atoms. The summed E-state index contributed by atoms with van der Waals surface area (Å²) in [5.74, 6) is 0. The second-order valence-electron chi connectivity index (χ2n) is 5.29. The molecule has 0 aliphatic rings. The molecule has 0 saturated carbocycles. The highest BCUT2D eigenvalue weighted by atomic mass is 79.9. The number of benzene rings is 3. The molecule has 10 heteroatoms. The lowest BCUT2D eigenvalue weighted by Crippen LogP contribution is -1.87. The Labute approximate surface area is 239 Å². The number of rotatable bonds is 4. The van der Waals surface area contributed by atoms with Crippen LogP contribution in [0.15, 0.2) is 91.8 Å². The van der Waals surface area contributed by atoms with Crippen LogP contribution >= 0.6 is 151 Å². The van der Waals surface area contributed by atoms with Crippen LogP contribution in [0.1, 0.15) is 0 Å². The second kappa shape index (κ2) is 10.9. The average molecular weight is 926 g/mol. The van der Waals surface area contributed by atoms with Crippen molar-refractivity contribution in [2.75, 3.05) is 0 Å². The molecule has 146 valence electrons. The molecular formula is C18H6Br8S2. The van der Waals surface area contributed by atoms with Gasteiger partial charge in [0.2, 0.25) is 0 Å². The van der Waals surface area contributed by atoms with Gasteiger partial charge >= 0.3 is 0 Å². The summed E-state index contributed by atoms with van der Waals surface area (Å²) in [5, 5.41) is 0. The van der Waals surface area contributed by atoms with E-state index in [2.05, 4.69) is 152 Å². The molecule has 0 aliphatic heterocycles. The van der Waals surface area contributed by atoms with Crippen LogP contribution in [0.25, 0.3) is 0 Å². The fourth-order valence-corrected chi connectivity index (χ4v) is 10.8. The Bertz CT molecular complexity index is 1020. The molecule has 28 heavy (non-hydrogen) atoms. The highest BCUT2D eigenvalue weighted by Crippen LogP contribution is 2.51. The standard InChI is InChI=1S/C18H6Br8S2/c19-7-3-10(22)16(11(23)4-7)27-14-2-1-9(21)15(26)18(14)28-17-12(24)5-8(20)6-13(17)25/h1-6H. The van der Waals surface area contributed by atoms with Gasteiger partial charge in [0.25, 0.3) is 0 Å². The van der Waals surface area contributed by atoms with Gasteiger partial charge in [0.15, 0.2) is 0 Å². The molecule has 0 radical (unpaired) electrons. The van der Waals surface area contributed by atoms with E-state index in [1.54, 1.807) is 23.5 Å². The zero-order valence-corrected chi connectivity index (χ0v) is 27.6. The summed E-state index contributed by atoms with van der Waals surface area (Å²) in [6, 6.07) is 12.4. The summed E-state index contributed by atoms with van der Waals surface area (Å²) in [7, 11) is 0. The molecule has 0 unspecified atom stereocenters. The van der Waals surface area contributed by atoms with Crippen molar-refractivity contribution in [3.05, 3.63) is 72.2 Å². The molecule has 0 nitrogen and oxygen atoms in total. The predicted octanol–water partition coefficient (Wildman–Crippen LogP) is 12.1. The van der Waals surface area contributed by atoms with Gasteiger partial charge in [-0.15, -0.1) is 0 Å². The van der Waals surface area contributed by atoms with Crippen molar-refractivity contribution < 1.29 is 0 Å². The Balaban J connectivity index is 2.09. The first-order valence-electron chi connectivity index (χ1n) is 7.30. The molecule has 0 heterocycles. The minimum atomic E-state index is 1.01. The summed E-state index contributed by atoms with van der Waals surface area (Å²) in [6.45, 7) is 0. The smallest absolute Gasteiger partial charge is 0.0468 e. The van der Waals surface area contributed by atoms with Crippen molar-refractivity contribution >= 4 is 151 Å². The third kappa shape index (κ3) is 5.95. The van der Waals surface area contributed by atoms with Crippen LogP contribution in [0.3, 0.4) is 0 Å². The van der Waals surface area contributed by atoms with E-state index in [1.165, 1.54) is 0 Å². The van der Waals surface area contributed by atoms with Crippen molar-refractivity contribution in [2.45, 2.75) is 19.6 Å². The molecule has 0 atom stereocenters. The fourth-order valence-electron chi connectivity index (χ4n) is 2.15. The Morgan fingerprint density at radius 3 is 1.36 bits per heavy atom. The predicted molar refractivity (Wildman–Crippen MR) is 149 cm³/mol. The molecule has 0 spiro atoms. The van der Waals surface area contributed by atoms with Gasteiger partial charge in [-0.25, -0.2) is 0 Å². The van der Waals surface area contributed by atoms with Crippen molar-refractivity contribution in [1.29, 1.82) is 0 Å². The zero-order chi connectivity index (χ0) is 20.6. The van der Waals surface area contributed by atoms with Crippen LogP contribution in [0.2, 0.25) is 0 Å². The first kappa shape index (κ1) is 24.8. The van der Waals surface area contributed by atoms with E-state index in [9.17, 15) is 0 Å². The minimum absolute atomic E-state index is 1.01. The normalized spacial score (nSPS) is 11.1. The third-order valence-electron chi connectivity index (χ3n) is 3.36. The minimum Gasteiger partial charge on any atom is -0.0865 e. The zero-order valence-electron chi connectivity index (χ0n) is 13.3. The van der Waals surface area contributed by atoms with Gasteiger partial charge < -0.3 is 0 Å². The Morgan fingerprint density at radius 1 is 0.464 bits per heavy atom. The van der Waals surface area contributed by atoms with E-state index in [0.29, 0.717) is 0 Å². The number of hydrogen-bond acceptors (Lipinski definition) is 2. The van der Waals surface area contributed by atoms with Crippen LogP contribution in [-0.2, 0) is 0 Å². The van der Waals surface area contributed by atoms with Crippen molar-refractivity contribution in [2.24, 2.45) is 0 Å². The molecule has 3 aromatic rings. The Kier molecular flexibility index (Phi) is 9.65. The SMILES string of the molecule is Brc1cc(Br)c(Sc2ccc(Br)c(Br)c2Sc2c(Br)cc(Br)cc2Br)c(Br)c1. The maximum atomic E-state index is 3.76. The van der Waals surface area contributed by atoms with E-state index in [0.717, 1.165) is 55.4 Å². The van der Waals surface area contributed by atoms with Gasteiger partial charge in [0, 0.05) is 55.4 Å². The van der Waals surface area contributed by atoms with Gasteiger partial charge in [-0.05, 0) is 132 Å². The third-order valence-corrected chi connectivity index (χ3v) is 12.7. The number of halogens is 8. The Hall–Kier alpha value is 2.20. The molecular weight excluding hydrogens is 920 g/mol.